The first-order chi connectivity index (χ1) is 11.7. The lowest BCUT2D eigenvalue weighted by Gasteiger charge is -2.38. The Hall–Kier alpha value is -0.190. The fourth-order valence-corrected chi connectivity index (χ4v) is 5.10. The zero-order valence-electron chi connectivity index (χ0n) is 17.9. The van der Waals surface area contributed by atoms with E-state index in [0.717, 1.165) is 32.2 Å². The average Bonchev–Trinajstić information content (AvgIpc) is 3.30. The van der Waals surface area contributed by atoms with Crippen molar-refractivity contribution < 1.29 is 4.79 Å². The van der Waals surface area contributed by atoms with Crippen molar-refractivity contribution in [2.24, 2.45) is 5.92 Å². The van der Waals surface area contributed by atoms with E-state index in [4.69, 9.17) is 0 Å². The van der Waals surface area contributed by atoms with Gasteiger partial charge >= 0.3 is 0 Å². The summed E-state index contributed by atoms with van der Waals surface area (Å²) in [6, 6.07) is -0.119. The molecule has 2 N–H and O–H groups in total. The number of carbonyl (C=O) groups is 1. The summed E-state index contributed by atoms with van der Waals surface area (Å²) >= 11 is 0. The summed E-state index contributed by atoms with van der Waals surface area (Å²) in [7, 11) is 0.584. The van der Waals surface area contributed by atoms with Gasteiger partial charge in [0.15, 0.2) is 5.78 Å². The molecule has 1 aliphatic heterocycles. The number of carbonyl (C=O) groups excluding carboxylic acids is 1. The van der Waals surface area contributed by atoms with Gasteiger partial charge < -0.3 is 10.6 Å². The maximum absolute atomic E-state index is 13.3. The van der Waals surface area contributed by atoms with Crippen molar-refractivity contribution in [1.82, 2.24) is 10.6 Å². The Morgan fingerprint density at radius 3 is 2.04 bits per heavy atom. The van der Waals surface area contributed by atoms with E-state index < -0.39 is 5.54 Å². The third-order valence-electron chi connectivity index (χ3n) is 6.34. The maximum Gasteiger partial charge on any atom is 0.169 e. The Morgan fingerprint density at radius 1 is 1.12 bits per heavy atom. The lowest BCUT2D eigenvalue weighted by Crippen LogP contribution is -2.60. The fourth-order valence-electron chi connectivity index (χ4n) is 3.64. The van der Waals surface area contributed by atoms with Crippen LogP contribution >= 0.6 is 10.5 Å². The van der Waals surface area contributed by atoms with Crippen molar-refractivity contribution >= 4 is 21.1 Å². The van der Waals surface area contributed by atoms with Crippen molar-refractivity contribution in [3.05, 3.63) is 0 Å². The molecule has 0 amide bonds. The first kappa shape index (κ1) is 22.9. The number of hydrogen-bond donors (Lipinski definition) is 2. The molecule has 148 valence electrons. The molecule has 0 radical (unpaired) electrons. The van der Waals surface area contributed by atoms with Gasteiger partial charge in [-0.3, -0.25) is 4.79 Å². The Balaban J connectivity index is 2.72. The summed E-state index contributed by atoms with van der Waals surface area (Å²) in [4.78, 5) is 15.0. The average molecular weight is 371 g/mol. The monoisotopic (exact) mass is 370 g/mol. The van der Waals surface area contributed by atoms with Gasteiger partial charge in [0.25, 0.3) is 0 Å². The maximum atomic E-state index is 13.3. The van der Waals surface area contributed by atoms with Crippen LogP contribution in [0.4, 0.5) is 0 Å². The van der Waals surface area contributed by atoms with Gasteiger partial charge in [0.2, 0.25) is 0 Å². The fraction of sp³-hybridized carbons (Fsp3) is 0.905. The van der Waals surface area contributed by atoms with E-state index in [1.165, 1.54) is 12.2 Å². The Kier molecular flexibility index (Phi) is 8.83. The molecule has 1 rings (SSSR count). The minimum atomic E-state index is -0.398. The van der Waals surface area contributed by atoms with E-state index >= 15 is 0 Å². The third-order valence-corrected chi connectivity index (χ3v) is 8.07. The Labute approximate surface area is 159 Å². The first-order valence-electron chi connectivity index (χ1n) is 10.2. The number of nitrogens with one attached hydrogen (secondary N) is 2. The van der Waals surface area contributed by atoms with Crippen LogP contribution in [0.2, 0.25) is 0 Å². The van der Waals surface area contributed by atoms with Crippen LogP contribution in [-0.2, 0) is 4.79 Å². The molecule has 0 bridgehead atoms. The van der Waals surface area contributed by atoms with E-state index in [0.29, 0.717) is 22.2 Å². The number of Topliss-reactive ketones (excluding diaryl/α,β-unsaturated/α-hetero) is 1. The SMILES string of the molecule is CCC(C)(CC)NC(C)C(=O)C(CC)(CC)NCC(C)CC1=S(C)C1. The zero-order chi connectivity index (χ0) is 19.3. The van der Waals surface area contributed by atoms with Gasteiger partial charge in [0.1, 0.15) is 0 Å². The smallest absolute Gasteiger partial charge is 0.169 e. The van der Waals surface area contributed by atoms with Gasteiger partial charge in [0, 0.05) is 11.3 Å². The predicted molar refractivity (Wildman–Crippen MR) is 115 cm³/mol. The van der Waals surface area contributed by atoms with Gasteiger partial charge in [-0.2, -0.15) is 10.5 Å². The molecular weight excluding hydrogens is 328 g/mol. The van der Waals surface area contributed by atoms with Crippen LogP contribution in [0.5, 0.6) is 0 Å². The highest BCUT2D eigenvalue weighted by atomic mass is 32.2. The van der Waals surface area contributed by atoms with Crippen molar-refractivity contribution in [3.8, 4) is 0 Å². The van der Waals surface area contributed by atoms with Crippen molar-refractivity contribution in [3.63, 3.8) is 0 Å². The van der Waals surface area contributed by atoms with E-state index in [1.54, 1.807) is 4.86 Å². The second-order valence-corrected chi connectivity index (χ2v) is 10.4. The van der Waals surface area contributed by atoms with Crippen molar-refractivity contribution in [1.29, 1.82) is 0 Å². The minimum absolute atomic E-state index is 0.0370. The van der Waals surface area contributed by atoms with Crippen LogP contribution in [0.15, 0.2) is 0 Å². The Bertz CT molecular complexity index is 478. The molecule has 0 spiro atoms. The summed E-state index contributed by atoms with van der Waals surface area (Å²) in [6.45, 7) is 16.2. The van der Waals surface area contributed by atoms with Crippen LogP contribution in [-0.4, -0.2) is 46.3 Å². The van der Waals surface area contributed by atoms with E-state index in [9.17, 15) is 4.79 Å². The second kappa shape index (κ2) is 9.66. The van der Waals surface area contributed by atoms with Gasteiger partial charge in [-0.25, -0.2) is 0 Å². The molecule has 3 nitrogen and oxygen atoms in total. The quantitative estimate of drug-likeness (QED) is 0.473. The highest BCUT2D eigenvalue weighted by Gasteiger charge is 2.39. The molecule has 3 atom stereocenters. The summed E-state index contributed by atoms with van der Waals surface area (Å²) < 4.78 is 0. The molecule has 1 aliphatic rings. The molecule has 0 fully saturated rings. The highest BCUT2D eigenvalue weighted by Crippen LogP contribution is 2.30. The van der Waals surface area contributed by atoms with Crippen LogP contribution in [0, 0.1) is 5.92 Å². The normalized spacial score (nSPS) is 20.5. The van der Waals surface area contributed by atoms with Gasteiger partial charge in [-0.1, -0.05) is 34.6 Å². The van der Waals surface area contributed by atoms with Crippen LogP contribution in [0.1, 0.15) is 80.6 Å². The summed E-state index contributed by atoms with van der Waals surface area (Å²) in [6.07, 6.45) is 7.34. The van der Waals surface area contributed by atoms with Crippen LogP contribution < -0.4 is 10.6 Å². The molecule has 25 heavy (non-hydrogen) atoms. The molecule has 0 saturated carbocycles. The number of rotatable bonds is 13. The number of ketones is 1. The topological polar surface area (TPSA) is 41.1 Å². The zero-order valence-corrected chi connectivity index (χ0v) is 18.7. The summed E-state index contributed by atoms with van der Waals surface area (Å²) in [5.41, 5.74) is -0.361. The van der Waals surface area contributed by atoms with Crippen LogP contribution in [0.3, 0.4) is 0 Å². The molecule has 0 saturated heterocycles. The van der Waals surface area contributed by atoms with E-state index in [1.807, 2.05) is 6.92 Å². The lowest BCUT2D eigenvalue weighted by atomic mass is 9.82. The minimum Gasteiger partial charge on any atom is -0.305 e. The molecule has 3 unspecified atom stereocenters. The number of hydrogen-bond acceptors (Lipinski definition) is 3. The predicted octanol–water partition coefficient (Wildman–Crippen LogP) is 4.37. The molecular formula is C21H42N2OS. The summed E-state index contributed by atoms with van der Waals surface area (Å²) in [5.74, 6) is 2.27. The van der Waals surface area contributed by atoms with E-state index in [2.05, 4.69) is 58.4 Å². The van der Waals surface area contributed by atoms with Crippen LogP contribution in [0.25, 0.3) is 0 Å². The molecule has 0 aromatic carbocycles. The van der Waals surface area contributed by atoms with Gasteiger partial charge in [-0.15, -0.1) is 0 Å². The molecule has 4 heteroatoms. The highest BCUT2D eigenvalue weighted by molar-refractivity contribution is 8.23. The molecule has 0 aromatic rings. The standard InChI is InChI=1S/C21H42N2OS/c1-9-20(7,10-2)23-17(6)19(24)21(11-3,12-4)22-14-16(5)13-18-15-25(18)8/h16-17,22-23H,9-15H2,1-8H3. The first-order valence-corrected chi connectivity index (χ1v) is 12.0. The summed E-state index contributed by atoms with van der Waals surface area (Å²) in [5, 5.41) is 7.29. The molecule has 1 heterocycles. The Morgan fingerprint density at radius 2 is 1.64 bits per heavy atom. The van der Waals surface area contributed by atoms with Gasteiger partial charge in [-0.05, 0) is 69.5 Å². The van der Waals surface area contributed by atoms with Crippen molar-refractivity contribution in [2.45, 2.75) is 97.7 Å². The lowest BCUT2D eigenvalue weighted by molar-refractivity contribution is -0.128. The van der Waals surface area contributed by atoms with Gasteiger partial charge in [0.05, 0.1) is 11.6 Å². The van der Waals surface area contributed by atoms with Crippen molar-refractivity contribution in [2.75, 3.05) is 18.6 Å². The third kappa shape index (κ3) is 6.18. The van der Waals surface area contributed by atoms with E-state index in [-0.39, 0.29) is 11.6 Å². The second-order valence-electron chi connectivity index (χ2n) is 8.30. The largest absolute Gasteiger partial charge is 0.305 e. The molecule has 0 aliphatic carbocycles. The molecule has 0 aromatic heterocycles.